The molecule has 1 aliphatic rings. The van der Waals surface area contributed by atoms with Crippen LogP contribution >= 0.6 is 12.2 Å². The van der Waals surface area contributed by atoms with Gasteiger partial charge in [0.25, 0.3) is 0 Å². The van der Waals surface area contributed by atoms with Gasteiger partial charge in [-0.3, -0.25) is 0 Å². The molecule has 2 rings (SSSR count). The molecule has 16 heavy (non-hydrogen) atoms. The monoisotopic (exact) mass is 235 g/mol. The summed E-state index contributed by atoms with van der Waals surface area (Å²) in [6.45, 7) is 6.14. The molecule has 0 atom stereocenters. The standard InChI is InChI=1S/C6H9NS.C6H6.C2H6/c1-2-5-3-6(8)7-4-5;1-2-4-6-5-3-1;1-2/h4H,2-3H2,1H3,(H,7,8);1-6H;1-2H3. The predicted molar refractivity (Wildman–Crippen MR) is 76.5 cm³/mol. The summed E-state index contributed by atoms with van der Waals surface area (Å²) < 4.78 is 0. The fourth-order valence-corrected chi connectivity index (χ4v) is 1.35. The van der Waals surface area contributed by atoms with Crippen LogP contribution in [0.25, 0.3) is 0 Å². The molecule has 1 N–H and O–H groups in total. The van der Waals surface area contributed by atoms with Crippen molar-refractivity contribution in [1.82, 2.24) is 5.32 Å². The lowest BCUT2D eigenvalue weighted by atomic mass is 10.2. The first-order chi connectivity index (χ1) is 7.83. The van der Waals surface area contributed by atoms with Crippen LogP contribution in [-0.2, 0) is 0 Å². The SMILES string of the molecule is CC.CCC1=CNC(=S)C1.c1ccccc1. The minimum atomic E-state index is 0.960. The van der Waals surface area contributed by atoms with E-state index in [0.717, 1.165) is 17.8 Å². The lowest BCUT2D eigenvalue weighted by Crippen LogP contribution is -2.05. The topological polar surface area (TPSA) is 12.0 Å². The molecule has 0 saturated carbocycles. The number of nitrogens with one attached hydrogen (secondary N) is 1. The Kier molecular flexibility index (Phi) is 9.63. The zero-order chi connectivity index (χ0) is 12.2. The summed E-state index contributed by atoms with van der Waals surface area (Å²) in [5.74, 6) is 0. The maximum absolute atomic E-state index is 4.90. The maximum Gasteiger partial charge on any atom is 0.0834 e. The van der Waals surface area contributed by atoms with Crippen molar-refractivity contribution in [3.8, 4) is 0 Å². The third-order valence-electron chi connectivity index (χ3n) is 1.95. The van der Waals surface area contributed by atoms with Gasteiger partial charge in [-0.15, -0.1) is 0 Å². The molecule has 0 aromatic heterocycles. The molecule has 0 fully saturated rings. The van der Waals surface area contributed by atoms with Gasteiger partial charge in [-0.25, -0.2) is 0 Å². The van der Waals surface area contributed by atoms with Crippen molar-refractivity contribution < 1.29 is 0 Å². The molecule has 88 valence electrons. The summed E-state index contributed by atoms with van der Waals surface area (Å²) in [6, 6.07) is 12.0. The average Bonchev–Trinajstić information content (AvgIpc) is 2.81. The lowest BCUT2D eigenvalue weighted by Gasteiger charge is -1.88. The van der Waals surface area contributed by atoms with E-state index < -0.39 is 0 Å². The number of benzene rings is 1. The predicted octanol–water partition coefficient (Wildman–Crippen LogP) is 4.31. The molecule has 0 amide bonds. The molecule has 1 aromatic carbocycles. The van der Waals surface area contributed by atoms with E-state index in [4.69, 9.17) is 12.2 Å². The molecule has 1 aromatic rings. The van der Waals surface area contributed by atoms with Gasteiger partial charge < -0.3 is 5.32 Å². The Labute approximate surface area is 105 Å². The van der Waals surface area contributed by atoms with Crippen LogP contribution in [0, 0.1) is 0 Å². The number of hydrogen-bond acceptors (Lipinski definition) is 1. The van der Waals surface area contributed by atoms with E-state index in [1.165, 1.54) is 5.57 Å². The molecule has 0 unspecified atom stereocenters. The Balaban J connectivity index is 0.000000251. The van der Waals surface area contributed by atoms with Crippen molar-refractivity contribution in [2.75, 3.05) is 0 Å². The van der Waals surface area contributed by atoms with Crippen LogP contribution in [0.15, 0.2) is 48.2 Å². The van der Waals surface area contributed by atoms with E-state index in [9.17, 15) is 0 Å². The van der Waals surface area contributed by atoms with Crippen LogP contribution in [0.4, 0.5) is 0 Å². The van der Waals surface area contributed by atoms with E-state index in [-0.39, 0.29) is 0 Å². The van der Waals surface area contributed by atoms with Crippen molar-refractivity contribution in [2.45, 2.75) is 33.6 Å². The van der Waals surface area contributed by atoms with Gasteiger partial charge in [0, 0.05) is 12.6 Å². The number of hydrogen-bond donors (Lipinski definition) is 1. The van der Waals surface area contributed by atoms with Crippen molar-refractivity contribution in [2.24, 2.45) is 0 Å². The number of thiocarbonyl (C=S) groups is 1. The maximum atomic E-state index is 4.90. The van der Waals surface area contributed by atoms with Gasteiger partial charge in [-0.05, 0) is 12.0 Å². The third-order valence-corrected chi connectivity index (χ3v) is 2.21. The Hall–Kier alpha value is -1.15. The van der Waals surface area contributed by atoms with Crippen LogP contribution in [0.3, 0.4) is 0 Å². The summed E-state index contributed by atoms with van der Waals surface area (Å²) in [7, 11) is 0. The summed E-state index contributed by atoms with van der Waals surface area (Å²) in [5, 5.41) is 2.99. The largest absolute Gasteiger partial charge is 0.356 e. The Morgan fingerprint density at radius 1 is 1.06 bits per heavy atom. The highest BCUT2D eigenvalue weighted by Crippen LogP contribution is 2.10. The van der Waals surface area contributed by atoms with Crippen molar-refractivity contribution in [3.05, 3.63) is 48.2 Å². The Morgan fingerprint density at radius 2 is 1.50 bits per heavy atom. The van der Waals surface area contributed by atoms with Crippen LogP contribution in [-0.4, -0.2) is 4.99 Å². The van der Waals surface area contributed by atoms with Crippen LogP contribution in [0.1, 0.15) is 33.6 Å². The first-order valence-electron chi connectivity index (χ1n) is 5.80. The van der Waals surface area contributed by atoms with Crippen LogP contribution in [0.5, 0.6) is 0 Å². The smallest absolute Gasteiger partial charge is 0.0834 e. The summed E-state index contributed by atoms with van der Waals surface area (Å²) >= 11 is 4.90. The Morgan fingerprint density at radius 3 is 1.69 bits per heavy atom. The third kappa shape index (κ3) is 7.18. The van der Waals surface area contributed by atoms with Gasteiger partial charge in [0.15, 0.2) is 0 Å². The minimum absolute atomic E-state index is 0.960. The van der Waals surface area contributed by atoms with E-state index in [1.54, 1.807) is 0 Å². The number of rotatable bonds is 1. The van der Waals surface area contributed by atoms with Gasteiger partial charge in [0.1, 0.15) is 0 Å². The van der Waals surface area contributed by atoms with Gasteiger partial charge >= 0.3 is 0 Å². The van der Waals surface area contributed by atoms with Crippen LogP contribution in [0.2, 0.25) is 0 Å². The highest BCUT2D eigenvalue weighted by atomic mass is 32.1. The van der Waals surface area contributed by atoms with Crippen molar-refractivity contribution >= 4 is 17.2 Å². The summed E-state index contributed by atoms with van der Waals surface area (Å²) in [5.41, 5.74) is 1.41. The molecule has 0 spiro atoms. The highest BCUT2D eigenvalue weighted by Gasteiger charge is 2.04. The lowest BCUT2D eigenvalue weighted by molar-refractivity contribution is 1.07. The Bertz CT molecular complexity index is 277. The minimum Gasteiger partial charge on any atom is -0.356 e. The normalized spacial score (nSPS) is 12.4. The van der Waals surface area contributed by atoms with Gasteiger partial charge in [-0.1, -0.05) is 69.4 Å². The van der Waals surface area contributed by atoms with Gasteiger partial charge in [0.05, 0.1) is 4.99 Å². The van der Waals surface area contributed by atoms with E-state index >= 15 is 0 Å². The molecule has 1 heterocycles. The van der Waals surface area contributed by atoms with E-state index in [0.29, 0.717) is 0 Å². The quantitative estimate of drug-likeness (QED) is 0.728. The molecule has 2 heteroatoms. The molecule has 1 nitrogen and oxygen atoms in total. The fourth-order valence-electron chi connectivity index (χ4n) is 1.10. The van der Waals surface area contributed by atoms with E-state index in [1.807, 2.05) is 56.4 Å². The summed E-state index contributed by atoms with van der Waals surface area (Å²) in [4.78, 5) is 0.960. The summed E-state index contributed by atoms with van der Waals surface area (Å²) in [6.07, 6.45) is 4.10. The molecule has 1 aliphatic heterocycles. The molecule has 0 radical (unpaired) electrons. The first kappa shape index (κ1) is 14.8. The van der Waals surface area contributed by atoms with Crippen molar-refractivity contribution in [3.63, 3.8) is 0 Å². The second kappa shape index (κ2) is 10.4. The first-order valence-corrected chi connectivity index (χ1v) is 6.21. The van der Waals surface area contributed by atoms with Gasteiger partial charge in [-0.2, -0.15) is 0 Å². The average molecular weight is 235 g/mol. The van der Waals surface area contributed by atoms with Crippen LogP contribution < -0.4 is 5.32 Å². The second-order valence-electron chi connectivity index (χ2n) is 3.06. The molecule has 0 aliphatic carbocycles. The molecule has 0 saturated heterocycles. The zero-order valence-electron chi connectivity index (χ0n) is 10.4. The molecular weight excluding hydrogens is 214 g/mol. The van der Waals surface area contributed by atoms with E-state index in [2.05, 4.69) is 12.2 Å². The van der Waals surface area contributed by atoms with Gasteiger partial charge in [0.2, 0.25) is 0 Å². The zero-order valence-corrected chi connectivity index (χ0v) is 11.2. The second-order valence-corrected chi connectivity index (χ2v) is 3.55. The fraction of sp³-hybridized carbons (Fsp3) is 0.357. The molecular formula is C14H21NS. The molecule has 0 bridgehead atoms. The van der Waals surface area contributed by atoms with Crippen molar-refractivity contribution in [1.29, 1.82) is 0 Å². The highest BCUT2D eigenvalue weighted by molar-refractivity contribution is 7.80.